The number of hydrogen-bond acceptors (Lipinski definition) is 5. The number of rotatable bonds is 6. The summed E-state index contributed by atoms with van der Waals surface area (Å²) >= 11 is 0. The number of aliphatic hydroxyl groups is 1. The molecule has 1 aliphatic rings. The fourth-order valence-corrected chi connectivity index (χ4v) is 3.42. The topological polar surface area (TPSA) is 80.6 Å². The average Bonchev–Trinajstić information content (AvgIpc) is 2.77. The number of methoxy groups -OCH3 is 1. The van der Waals surface area contributed by atoms with Crippen LogP contribution in [0.5, 0.6) is 11.5 Å². The van der Waals surface area contributed by atoms with Gasteiger partial charge in [-0.05, 0) is 36.8 Å². The van der Waals surface area contributed by atoms with E-state index in [2.05, 4.69) is 20.1 Å². The molecule has 0 bridgehead atoms. The first-order valence-corrected chi connectivity index (χ1v) is 10.0. The third-order valence-electron chi connectivity index (χ3n) is 5.05. The van der Waals surface area contributed by atoms with E-state index in [-0.39, 0.29) is 6.54 Å². The summed E-state index contributed by atoms with van der Waals surface area (Å²) in [4.78, 5) is 9.03. The maximum atomic E-state index is 10.5. The van der Waals surface area contributed by atoms with Crippen molar-refractivity contribution in [1.82, 2.24) is 10.2 Å². The number of anilines is 1. The van der Waals surface area contributed by atoms with E-state index in [1.807, 2.05) is 49.4 Å². The Morgan fingerprint density at radius 2 is 1.79 bits per heavy atom. The number of phenolic OH excluding ortho intramolecular Hbond substituents is 1. The predicted molar refractivity (Wildman–Crippen MR) is 116 cm³/mol. The largest absolute Gasteiger partial charge is 0.506 e. The van der Waals surface area contributed by atoms with E-state index in [4.69, 9.17) is 4.74 Å². The molecule has 0 radical (unpaired) electrons. The molecule has 0 aliphatic carbocycles. The normalized spacial score (nSPS) is 15.9. The lowest BCUT2D eigenvalue weighted by Crippen LogP contribution is -2.52. The predicted octanol–water partition coefficient (Wildman–Crippen LogP) is 2.22. The Morgan fingerprint density at radius 1 is 1.10 bits per heavy atom. The molecular weight excluding hydrogens is 368 g/mol. The number of para-hydroxylation sites is 2. The van der Waals surface area contributed by atoms with Gasteiger partial charge in [-0.3, -0.25) is 4.99 Å². The fourth-order valence-electron chi connectivity index (χ4n) is 3.42. The van der Waals surface area contributed by atoms with Gasteiger partial charge in [-0.2, -0.15) is 0 Å². The van der Waals surface area contributed by atoms with Crippen molar-refractivity contribution in [3.8, 4) is 11.5 Å². The molecule has 0 amide bonds. The summed E-state index contributed by atoms with van der Waals surface area (Å²) in [5, 5.41) is 23.9. The van der Waals surface area contributed by atoms with Gasteiger partial charge in [0, 0.05) is 32.7 Å². The molecule has 1 aliphatic heterocycles. The number of nitrogens with zero attached hydrogens (tertiary/aromatic N) is 3. The molecular formula is C22H30N4O3. The molecule has 1 saturated heterocycles. The average molecular weight is 399 g/mol. The number of piperazine rings is 1. The maximum Gasteiger partial charge on any atom is 0.194 e. The van der Waals surface area contributed by atoms with Gasteiger partial charge in [0.2, 0.25) is 0 Å². The Kier molecular flexibility index (Phi) is 7.19. The highest BCUT2D eigenvalue weighted by Gasteiger charge is 2.21. The molecule has 3 rings (SSSR count). The van der Waals surface area contributed by atoms with Gasteiger partial charge in [-0.1, -0.05) is 24.3 Å². The molecule has 0 saturated carbocycles. The molecule has 1 unspecified atom stereocenters. The number of phenols is 1. The second-order valence-electron chi connectivity index (χ2n) is 6.95. The summed E-state index contributed by atoms with van der Waals surface area (Å²) in [5.41, 5.74) is 1.68. The first kappa shape index (κ1) is 20.8. The third kappa shape index (κ3) is 5.32. The fraction of sp³-hybridized carbons (Fsp3) is 0.409. The van der Waals surface area contributed by atoms with Crippen molar-refractivity contribution in [1.29, 1.82) is 0 Å². The van der Waals surface area contributed by atoms with Crippen molar-refractivity contribution < 1.29 is 14.9 Å². The number of benzene rings is 2. The summed E-state index contributed by atoms with van der Waals surface area (Å²) < 4.78 is 5.16. The molecule has 1 atom stereocenters. The number of aliphatic imine (C=N–C) groups is 1. The Bertz CT molecular complexity index is 802. The third-order valence-corrected chi connectivity index (χ3v) is 5.05. The van der Waals surface area contributed by atoms with Crippen LogP contribution in [0.1, 0.15) is 18.6 Å². The Hall–Kier alpha value is -2.93. The van der Waals surface area contributed by atoms with Crippen LogP contribution in [0, 0.1) is 0 Å². The van der Waals surface area contributed by atoms with Crippen molar-refractivity contribution in [2.75, 3.05) is 51.3 Å². The van der Waals surface area contributed by atoms with Crippen LogP contribution in [0.3, 0.4) is 0 Å². The number of aliphatic hydroxyl groups excluding tert-OH is 1. The van der Waals surface area contributed by atoms with Crippen molar-refractivity contribution in [2.24, 2.45) is 4.99 Å². The lowest BCUT2D eigenvalue weighted by molar-refractivity contribution is 0.186. The van der Waals surface area contributed by atoms with E-state index in [9.17, 15) is 10.2 Å². The minimum absolute atomic E-state index is 0.286. The molecule has 29 heavy (non-hydrogen) atoms. The number of hydrogen-bond donors (Lipinski definition) is 3. The van der Waals surface area contributed by atoms with Gasteiger partial charge in [-0.15, -0.1) is 0 Å². The molecule has 2 aromatic carbocycles. The van der Waals surface area contributed by atoms with E-state index >= 15 is 0 Å². The van der Waals surface area contributed by atoms with Gasteiger partial charge in [0.15, 0.2) is 5.96 Å². The molecule has 7 heteroatoms. The van der Waals surface area contributed by atoms with Crippen molar-refractivity contribution in [3.05, 3.63) is 54.1 Å². The van der Waals surface area contributed by atoms with Gasteiger partial charge in [0.25, 0.3) is 0 Å². The highest BCUT2D eigenvalue weighted by Crippen LogP contribution is 2.27. The monoisotopic (exact) mass is 398 g/mol. The van der Waals surface area contributed by atoms with Crippen LogP contribution in [0.15, 0.2) is 53.5 Å². The number of ether oxygens (including phenoxy) is 1. The molecule has 3 N–H and O–H groups in total. The van der Waals surface area contributed by atoms with Gasteiger partial charge < -0.3 is 30.1 Å². The summed E-state index contributed by atoms with van der Waals surface area (Å²) in [6, 6.07) is 14.8. The van der Waals surface area contributed by atoms with E-state index in [0.29, 0.717) is 5.75 Å². The summed E-state index contributed by atoms with van der Waals surface area (Å²) in [6.07, 6.45) is -0.669. The second kappa shape index (κ2) is 10.0. The molecule has 1 heterocycles. The number of guanidine groups is 1. The summed E-state index contributed by atoms with van der Waals surface area (Å²) in [7, 11) is 1.62. The van der Waals surface area contributed by atoms with Crippen LogP contribution < -0.4 is 15.0 Å². The quantitative estimate of drug-likeness (QED) is 0.511. The van der Waals surface area contributed by atoms with E-state index in [1.54, 1.807) is 13.2 Å². The molecule has 156 valence electrons. The van der Waals surface area contributed by atoms with Crippen LogP contribution >= 0.6 is 0 Å². The van der Waals surface area contributed by atoms with E-state index in [1.165, 1.54) is 0 Å². The van der Waals surface area contributed by atoms with Crippen molar-refractivity contribution in [3.63, 3.8) is 0 Å². The van der Waals surface area contributed by atoms with E-state index in [0.717, 1.165) is 55.7 Å². The maximum absolute atomic E-state index is 10.5. The minimum Gasteiger partial charge on any atom is -0.506 e. The first-order valence-electron chi connectivity index (χ1n) is 10.0. The zero-order valence-electron chi connectivity index (χ0n) is 17.1. The lowest BCUT2D eigenvalue weighted by Gasteiger charge is -2.38. The molecule has 0 spiro atoms. The van der Waals surface area contributed by atoms with Gasteiger partial charge in [0.1, 0.15) is 11.5 Å². The minimum atomic E-state index is -0.669. The summed E-state index contributed by atoms with van der Waals surface area (Å²) in [6.45, 7) is 6.25. The smallest absolute Gasteiger partial charge is 0.194 e. The van der Waals surface area contributed by atoms with Crippen LogP contribution in [0.25, 0.3) is 0 Å². The molecule has 1 fully saturated rings. The van der Waals surface area contributed by atoms with Gasteiger partial charge in [-0.25, -0.2) is 0 Å². The SMILES string of the molecule is CCNC(=NCC(O)c1ccc(OC)cc1)N1CCN(c2ccccc2O)CC1. The molecule has 7 nitrogen and oxygen atoms in total. The lowest BCUT2D eigenvalue weighted by atomic mass is 10.1. The zero-order chi connectivity index (χ0) is 20.6. The Labute approximate surface area is 172 Å². The van der Waals surface area contributed by atoms with Crippen LogP contribution in [-0.4, -0.2) is 67.5 Å². The Balaban J connectivity index is 1.61. The molecule has 0 aromatic heterocycles. The second-order valence-corrected chi connectivity index (χ2v) is 6.95. The van der Waals surface area contributed by atoms with E-state index < -0.39 is 6.10 Å². The van der Waals surface area contributed by atoms with Crippen molar-refractivity contribution >= 4 is 11.6 Å². The highest BCUT2D eigenvalue weighted by molar-refractivity contribution is 5.80. The van der Waals surface area contributed by atoms with Gasteiger partial charge >= 0.3 is 0 Å². The summed E-state index contributed by atoms with van der Waals surface area (Å²) in [5.74, 6) is 1.88. The first-order chi connectivity index (χ1) is 14.1. The standard InChI is InChI=1S/C22H30N4O3/c1-3-23-22(24-16-21(28)17-8-10-18(29-2)11-9-17)26-14-12-25(13-15-26)19-6-4-5-7-20(19)27/h4-11,21,27-28H,3,12-16H2,1-2H3,(H,23,24). The van der Waals surface area contributed by atoms with Crippen LogP contribution in [0.4, 0.5) is 5.69 Å². The van der Waals surface area contributed by atoms with Gasteiger partial charge in [0.05, 0.1) is 25.4 Å². The number of nitrogens with one attached hydrogen (secondary N) is 1. The van der Waals surface area contributed by atoms with Crippen LogP contribution in [0.2, 0.25) is 0 Å². The Morgan fingerprint density at radius 3 is 2.41 bits per heavy atom. The van der Waals surface area contributed by atoms with Crippen molar-refractivity contribution in [2.45, 2.75) is 13.0 Å². The zero-order valence-corrected chi connectivity index (χ0v) is 17.1. The van der Waals surface area contributed by atoms with Crippen LogP contribution in [-0.2, 0) is 0 Å². The molecule has 2 aromatic rings. The number of aromatic hydroxyl groups is 1. The highest BCUT2D eigenvalue weighted by atomic mass is 16.5.